The lowest BCUT2D eigenvalue weighted by Gasteiger charge is -2.37. The average molecular weight is 476 g/mol. The van der Waals surface area contributed by atoms with Crippen molar-refractivity contribution in [2.75, 3.05) is 26.4 Å². The molecule has 1 heterocycles. The Kier molecular flexibility index (Phi) is 8.03. The predicted molar refractivity (Wildman–Crippen MR) is 134 cm³/mol. The van der Waals surface area contributed by atoms with Crippen molar-refractivity contribution >= 4 is 11.8 Å². The monoisotopic (exact) mass is 475 g/mol. The minimum absolute atomic E-state index is 0.0380. The van der Waals surface area contributed by atoms with Crippen LogP contribution in [0.5, 0.6) is 5.75 Å². The number of Topliss-reactive ketones (excluding diaryl/α,β-unsaturated/α-hetero) is 1. The Morgan fingerprint density at radius 2 is 1.71 bits per heavy atom. The Morgan fingerprint density at radius 3 is 2.46 bits per heavy atom. The summed E-state index contributed by atoms with van der Waals surface area (Å²) < 4.78 is 16.8. The van der Waals surface area contributed by atoms with Crippen LogP contribution in [0.25, 0.3) is 0 Å². The fraction of sp³-hybridized carbons (Fsp3) is 0.379. The van der Waals surface area contributed by atoms with Gasteiger partial charge in [-0.2, -0.15) is 0 Å². The number of esters is 1. The summed E-state index contributed by atoms with van der Waals surface area (Å²) in [6, 6.07) is 17.7. The standard InChI is InChI=1S/C29H33NO5/c1-4-33-15-16-35-29(32)26-19(3)30-23-17-21(20-11-7-6-8-12-20)18-24(31)28(23)27(26)22-13-9-10-14-25(22)34-5-2/h6-14,21,27,30H,4-5,15-18H2,1-3H3/t21-,27+/m1/s1. The number of ketones is 1. The minimum Gasteiger partial charge on any atom is -0.494 e. The molecule has 2 aromatic carbocycles. The number of nitrogens with one attached hydrogen (secondary N) is 1. The van der Waals surface area contributed by atoms with E-state index in [1.165, 1.54) is 0 Å². The number of hydrogen-bond donors (Lipinski definition) is 1. The fourth-order valence-corrected chi connectivity index (χ4v) is 5.00. The van der Waals surface area contributed by atoms with Crippen LogP contribution in [0.1, 0.15) is 56.6 Å². The second-order valence-electron chi connectivity index (χ2n) is 8.73. The molecule has 1 aliphatic heterocycles. The van der Waals surface area contributed by atoms with Crippen LogP contribution in [0, 0.1) is 0 Å². The van der Waals surface area contributed by atoms with E-state index >= 15 is 0 Å². The van der Waals surface area contributed by atoms with E-state index in [-0.39, 0.29) is 18.3 Å². The van der Waals surface area contributed by atoms with E-state index in [1.807, 2.05) is 63.2 Å². The van der Waals surface area contributed by atoms with E-state index in [9.17, 15) is 9.59 Å². The number of carbonyl (C=O) groups is 2. The Balaban J connectivity index is 1.76. The van der Waals surface area contributed by atoms with Gasteiger partial charge in [0.25, 0.3) is 0 Å². The van der Waals surface area contributed by atoms with Crippen LogP contribution in [0.3, 0.4) is 0 Å². The maximum atomic E-state index is 13.7. The zero-order valence-corrected chi connectivity index (χ0v) is 20.6. The molecule has 0 amide bonds. The molecule has 2 atom stereocenters. The summed E-state index contributed by atoms with van der Waals surface area (Å²) >= 11 is 0. The van der Waals surface area contributed by atoms with Crippen LogP contribution in [0.4, 0.5) is 0 Å². The van der Waals surface area contributed by atoms with Crippen molar-refractivity contribution in [3.05, 3.63) is 88.3 Å². The van der Waals surface area contributed by atoms with Crippen LogP contribution < -0.4 is 10.1 Å². The van der Waals surface area contributed by atoms with Crippen LogP contribution in [-0.4, -0.2) is 38.2 Å². The summed E-state index contributed by atoms with van der Waals surface area (Å²) in [6.45, 7) is 7.20. The van der Waals surface area contributed by atoms with E-state index in [0.29, 0.717) is 55.3 Å². The molecular weight excluding hydrogens is 442 g/mol. The smallest absolute Gasteiger partial charge is 0.336 e. The molecule has 35 heavy (non-hydrogen) atoms. The number of allylic oxidation sites excluding steroid dienone is 3. The van der Waals surface area contributed by atoms with Gasteiger partial charge < -0.3 is 19.5 Å². The van der Waals surface area contributed by atoms with Gasteiger partial charge in [0.15, 0.2) is 5.78 Å². The lowest BCUT2D eigenvalue weighted by molar-refractivity contribution is -0.140. The van der Waals surface area contributed by atoms with Gasteiger partial charge in [-0.15, -0.1) is 0 Å². The highest BCUT2D eigenvalue weighted by atomic mass is 16.6. The van der Waals surface area contributed by atoms with Crippen LogP contribution in [0.15, 0.2) is 77.1 Å². The summed E-state index contributed by atoms with van der Waals surface area (Å²) in [6.07, 6.45) is 1.09. The van der Waals surface area contributed by atoms with Gasteiger partial charge in [0.05, 0.1) is 24.7 Å². The second-order valence-corrected chi connectivity index (χ2v) is 8.73. The summed E-state index contributed by atoms with van der Waals surface area (Å²) in [5.74, 6) is -0.214. The Morgan fingerprint density at radius 1 is 0.971 bits per heavy atom. The van der Waals surface area contributed by atoms with Crippen molar-refractivity contribution < 1.29 is 23.8 Å². The lowest BCUT2D eigenvalue weighted by atomic mass is 9.71. The SMILES string of the molecule is CCOCCOC(=O)C1=C(C)NC2=C(C(=O)C[C@H](c3ccccc3)C2)[C@H]1c1ccccc1OCC. The first-order valence-corrected chi connectivity index (χ1v) is 12.3. The molecular formula is C29H33NO5. The summed E-state index contributed by atoms with van der Waals surface area (Å²) in [7, 11) is 0. The summed E-state index contributed by atoms with van der Waals surface area (Å²) in [4.78, 5) is 27.0. The minimum atomic E-state index is -0.558. The molecule has 0 saturated heterocycles. The quantitative estimate of drug-likeness (QED) is 0.405. The number of para-hydroxylation sites is 1. The molecule has 4 rings (SSSR count). The summed E-state index contributed by atoms with van der Waals surface area (Å²) in [5, 5.41) is 3.40. The lowest BCUT2D eigenvalue weighted by Crippen LogP contribution is -2.36. The van der Waals surface area contributed by atoms with E-state index in [4.69, 9.17) is 14.2 Å². The van der Waals surface area contributed by atoms with Gasteiger partial charge in [-0.1, -0.05) is 48.5 Å². The van der Waals surface area contributed by atoms with Crippen LogP contribution in [0.2, 0.25) is 0 Å². The fourth-order valence-electron chi connectivity index (χ4n) is 5.00. The number of carbonyl (C=O) groups excluding carboxylic acids is 2. The number of benzene rings is 2. The van der Waals surface area contributed by atoms with Gasteiger partial charge in [-0.05, 0) is 44.7 Å². The molecule has 0 aromatic heterocycles. The third kappa shape index (κ3) is 5.33. The predicted octanol–water partition coefficient (Wildman–Crippen LogP) is 5.03. The van der Waals surface area contributed by atoms with Gasteiger partial charge in [0.2, 0.25) is 0 Å². The van der Waals surface area contributed by atoms with E-state index in [0.717, 1.165) is 16.8 Å². The molecule has 1 N–H and O–H groups in total. The van der Waals surface area contributed by atoms with E-state index in [1.54, 1.807) is 0 Å². The molecule has 0 unspecified atom stereocenters. The van der Waals surface area contributed by atoms with Crippen molar-refractivity contribution in [2.24, 2.45) is 0 Å². The third-order valence-corrected chi connectivity index (χ3v) is 6.51. The topological polar surface area (TPSA) is 73.9 Å². The molecule has 2 aromatic rings. The molecule has 0 fully saturated rings. The molecule has 0 bridgehead atoms. The number of rotatable bonds is 9. The van der Waals surface area contributed by atoms with Gasteiger partial charge in [0.1, 0.15) is 12.4 Å². The van der Waals surface area contributed by atoms with E-state index < -0.39 is 11.9 Å². The highest BCUT2D eigenvalue weighted by Crippen LogP contribution is 2.47. The van der Waals surface area contributed by atoms with Crippen molar-refractivity contribution in [1.29, 1.82) is 0 Å². The molecule has 2 aliphatic rings. The number of dihydropyridines is 1. The zero-order valence-electron chi connectivity index (χ0n) is 20.6. The molecule has 0 saturated carbocycles. The van der Waals surface area contributed by atoms with Crippen molar-refractivity contribution in [3.8, 4) is 5.75 Å². The molecule has 1 aliphatic carbocycles. The first kappa shape index (κ1) is 24.7. The third-order valence-electron chi connectivity index (χ3n) is 6.51. The highest BCUT2D eigenvalue weighted by molar-refractivity contribution is 6.04. The molecule has 184 valence electrons. The largest absolute Gasteiger partial charge is 0.494 e. The zero-order chi connectivity index (χ0) is 24.8. The maximum absolute atomic E-state index is 13.7. The molecule has 0 radical (unpaired) electrons. The first-order chi connectivity index (χ1) is 17.0. The normalized spacial score (nSPS) is 19.8. The maximum Gasteiger partial charge on any atom is 0.336 e. The number of ether oxygens (including phenoxy) is 3. The van der Waals surface area contributed by atoms with Gasteiger partial charge >= 0.3 is 5.97 Å². The second kappa shape index (κ2) is 11.4. The van der Waals surface area contributed by atoms with E-state index in [2.05, 4.69) is 17.4 Å². The Hall–Kier alpha value is -3.38. The number of hydrogen-bond acceptors (Lipinski definition) is 6. The Bertz CT molecular complexity index is 1130. The Labute approximate surface area is 207 Å². The van der Waals surface area contributed by atoms with Gasteiger partial charge in [0, 0.05) is 35.6 Å². The molecule has 6 heteroatoms. The van der Waals surface area contributed by atoms with Crippen LogP contribution >= 0.6 is 0 Å². The van der Waals surface area contributed by atoms with Gasteiger partial charge in [-0.25, -0.2) is 4.79 Å². The van der Waals surface area contributed by atoms with Crippen molar-refractivity contribution in [1.82, 2.24) is 5.32 Å². The van der Waals surface area contributed by atoms with Gasteiger partial charge in [-0.3, -0.25) is 4.79 Å². The molecule has 0 spiro atoms. The average Bonchev–Trinajstić information content (AvgIpc) is 2.86. The molecule has 6 nitrogen and oxygen atoms in total. The highest BCUT2D eigenvalue weighted by Gasteiger charge is 2.42. The summed E-state index contributed by atoms with van der Waals surface area (Å²) in [5.41, 5.74) is 4.58. The van der Waals surface area contributed by atoms with Crippen molar-refractivity contribution in [3.63, 3.8) is 0 Å². The first-order valence-electron chi connectivity index (χ1n) is 12.3. The van der Waals surface area contributed by atoms with Crippen LogP contribution in [-0.2, 0) is 19.1 Å². The van der Waals surface area contributed by atoms with Crippen molar-refractivity contribution in [2.45, 2.75) is 45.4 Å².